The normalized spacial score (nSPS) is 14.0. The van der Waals surface area contributed by atoms with Gasteiger partial charge < -0.3 is 4.90 Å². The van der Waals surface area contributed by atoms with Crippen LogP contribution in [0.25, 0.3) is 5.65 Å². The second kappa shape index (κ2) is 5.26. The molecule has 0 fully saturated rings. The van der Waals surface area contributed by atoms with Gasteiger partial charge in [0.25, 0.3) is 11.5 Å². The molecule has 0 aromatic carbocycles. The van der Waals surface area contributed by atoms with Gasteiger partial charge in [0.1, 0.15) is 5.69 Å². The molecule has 8 heteroatoms. The van der Waals surface area contributed by atoms with Gasteiger partial charge in [-0.1, -0.05) is 0 Å². The second-order valence-electron chi connectivity index (χ2n) is 5.94. The number of hydrogen-bond donors (Lipinski definition) is 0. The lowest BCUT2D eigenvalue weighted by molar-refractivity contribution is 0.0724. The fourth-order valence-electron chi connectivity index (χ4n) is 3.01. The standard InChI is InChI=1S/C16H16N6O2/c1-10-7-14-17-8-11-9-21(6-5-13(11)22(14)18-10)16(24)12-3-4-15(23)20(2)19-12/h3-4,7-8H,5-6,9H2,1-2H3. The quantitative estimate of drug-likeness (QED) is 0.644. The Labute approximate surface area is 137 Å². The van der Waals surface area contributed by atoms with Crippen LogP contribution in [0.15, 0.2) is 29.2 Å². The molecule has 24 heavy (non-hydrogen) atoms. The van der Waals surface area contributed by atoms with Gasteiger partial charge in [-0.3, -0.25) is 9.59 Å². The number of carbonyl (C=O) groups excluding carboxylic acids is 1. The molecule has 4 rings (SSSR count). The zero-order chi connectivity index (χ0) is 16.8. The minimum atomic E-state index is -0.240. The Morgan fingerprint density at radius 3 is 2.88 bits per heavy atom. The molecule has 4 heterocycles. The van der Waals surface area contributed by atoms with Crippen LogP contribution in [0.4, 0.5) is 0 Å². The van der Waals surface area contributed by atoms with Crippen molar-refractivity contribution < 1.29 is 4.79 Å². The number of carbonyl (C=O) groups is 1. The van der Waals surface area contributed by atoms with E-state index >= 15 is 0 Å². The molecule has 0 aliphatic carbocycles. The molecule has 1 aliphatic heterocycles. The van der Waals surface area contributed by atoms with Crippen LogP contribution in [0.3, 0.4) is 0 Å². The lowest BCUT2D eigenvalue weighted by Gasteiger charge is -2.28. The highest BCUT2D eigenvalue weighted by Gasteiger charge is 2.25. The van der Waals surface area contributed by atoms with E-state index in [-0.39, 0.29) is 17.2 Å². The molecule has 0 unspecified atom stereocenters. The Hall–Kier alpha value is -3.03. The third kappa shape index (κ3) is 2.27. The first-order chi connectivity index (χ1) is 11.5. The molecule has 0 spiro atoms. The van der Waals surface area contributed by atoms with Crippen molar-refractivity contribution >= 4 is 11.6 Å². The van der Waals surface area contributed by atoms with Crippen LogP contribution in [-0.2, 0) is 20.0 Å². The van der Waals surface area contributed by atoms with Crippen molar-refractivity contribution in [1.29, 1.82) is 0 Å². The largest absolute Gasteiger partial charge is 0.332 e. The molecule has 122 valence electrons. The SMILES string of the molecule is Cc1cc2ncc3c(n2n1)CCN(C(=O)c1ccc(=O)n(C)n1)C3. The summed E-state index contributed by atoms with van der Waals surface area (Å²) in [7, 11) is 1.53. The zero-order valence-corrected chi connectivity index (χ0v) is 13.4. The van der Waals surface area contributed by atoms with Gasteiger partial charge in [-0.15, -0.1) is 0 Å². The molecule has 0 saturated heterocycles. The summed E-state index contributed by atoms with van der Waals surface area (Å²) in [5.41, 5.74) is 3.84. The molecule has 3 aromatic heterocycles. The van der Waals surface area contributed by atoms with Gasteiger partial charge in [0, 0.05) is 50.5 Å². The Morgan fingerprint density at radius 2 is 2.08 bits per heavy atom. The van der Waals surface area contributed by atoms with Crippen LogP contribution in [0.5, 0.6) is 0 Å². The van der Waals surface area contributed by atoms with Crippen molar-refractivity contribution in [2.45, 2.75) is 19.9 Å². The average molecular weight is 324 g/mol. The van der Waals surface area contributed by atoms with E-state index < -0.39 is 0 Å². The van der Waals surface area contributed by atoms with Crippen molar-refractivity contribution in [2.24, 2.45) is 7.05 Å². The molecular formula is C16H16N6O2. The lowest BCUT2D eigenvalue weighted by atomic mass is 10.1. The highest BCUT2D eigenvalue weighted by Crippen LogP contribution is 2.20. The summed E-state index contributed by atoms with van der Waals surface area (Å²) in [5, 5.41) is 8.51. The molecule has 8 nitrogen and oxygen atoms in total. The number of aryl methyl sites for hydroxylation is 2. The maximum Gasteiger partial charge on any atom is 0.274 e. The van der Waals surface area contributed by atoms with Gasteiger partial charge in [0.2, 0.25) is 0 Å². The van der Waals surface area contributed by atoms with Crippen molar-refractivity contribution in [1.82, 2.24) is 29.3 Å². The summed E-state index contributed by atoms with van der Waals surface area (Å²) in [6.07, 6.45) is 2.51. The van der Waals surface area contributed by atoms with E-state index in [1.165, 1.54) is 23.9 Å². The summed E-state index contributed by atoms with van der Waals surface area (Å²) in [6.45, 7) is 2.97. The Balaban J connectivity index is 1.66. The fourth-order valence-corrected chi connectivity index (χ4v) is 3.01. The minimum absolute atomic E-state index is 0.187. The Morgan fingerprint density at radius 1 is 1.25 bits per heavy atom. The molecule has 3 aromatic rings. The molecule has 1 amide bonds. The van der Waals surface area contributed by atoms with Crippen LogP contribution >= 0.6 is 0 Å². The first-order valence-corrected chi connectivity index (χ1v) is 7.70. The first-order valence-electron chi connectivity index (χ1n) is 7.70. The summed E-state index contributed by atoms with van der Waals surface area (Å²) in [4.78, 5) is 30.2. The van der Waals surface area contributed by atoms with E-state index in [4.69, 9.17) is 0 Å². The highest BCUT2D eigenvalue weighted by atomic mass is 16.2. The van der Waals surface area contributed by atoms with E-state index in [1.807, 2.05) is 17.5 Å². The van der Waals surface area contributed by atoms with E-state index in [0.29, 0.717) is 19.5 Å². The number of hydrogen-bond acceptors (Lipinski definition) is 5. The maximum absolute atomic E-state index is 12.6. The average Bonchev–Trinajstić information content (AvgIpc) is 2.97. The molecular weight excluding hydrogens is 308 g/mol. The van der Waals surface area contributed by atoms with Crippen molar-refractivity contribution in [3.8, 4) is 0 Å². The number of rotatable bonds is 1. The van der Waals surface area contributed by atoms with E-state index in [9.17, 15) is 9.59 Å². The summed E-state index contributed by atoms with van der Waals surface area (Å²) >= 11 is 0. The number of amides is 1. The molecule has 1 aliphatic rings. The smallest absolute Gasteiger partial charge is 0.274 e. The predicted octanol–water partition coefficient (Wildman–Crippen LogP) is 0.330. The Bertz CT molecular complexity index is 1020. The van der Waals surface area contributed by atoms with Gasteiger partial charge in [-0.25, -0.2) is 14.2 Å². The third-order valence-corrected chi connectivity index (χ3v) is 4.24. The number of aromatic nitrogens is 5. The topological polar surface area (TPSA) is 85.4 Å². The monoisotopic (exact) mass is 324 g/mol. The van der Waals surface area contributed by atoms with Crippen molar-refractivity contribution in [2.75, 3.05) is 6.54 Å². The fraction of sp³-hybridized carbons (Fsp3) is 0.312. The van der Waals surface area contributed by atoms with Gasteiger partial charge in [0.15, 0.2) is 5.65 Å². The summed E-state index contributed by atoms with van der Waals surface area (Å²) in [6, 6.07) is 4.76. The first kappa shape index (κ1) is 14.6. The van der Waals surface area contributed by atoms with Crippen LogP contribution < -0.4 is 5.56 Å². The zero-order valence-electron chi connectivity index (χ0n) is 13.4. The van der Waals surface area contributed by atoms with Gasteiger partial charge in [0.05, 0.1) is 11.4 Å². The van der Waals surface area contributed by atoms with E-state index in [2.05, 4.69) is 15.2 Å². The predicted molar refractivity (Wildman–Crippen MR) is 85.6 cm³/mol. The molecule has 0 radical (unpaired) electrons. The lowest BCUT2D eigenvalue weighted by Crippen LogP contribution is -2.38. The maximum atomic E-state index is 12.6. The van der Waals surface area contributed by atoms with Gasteiger partial charge in [-0.05, 0) is 13.0 Å². The molecule has 0 bridgehead atoms. The summed E-state index contributed by atoms with van der Waals surface area (Å²) in [5.74, 6) is -0.187. The van der Waals surface area contributed by atoms with Crippen LogP contribution in [0.2, 0.25) is 0 Å². The van der Waals surface area contributed by atoms with Gasteiger partial charge >= 0.3 is 0 Å². The second-order valence-corrected chi connectivity index (χ2v) is 5.94. The number of fused-ring (bicyclic) bond motifs is 3. The highest BCUT2D eigenvalue weighted by molar-refractivity contribution is 5.92. The molecule has 0 saturated carbocycles. The van der Waals surface area contributed by atoms with Crippen molar-refractivity contribution in [3.05, 3.63) is 57.4 Å². The number of nitrogens with zero attached hydrogens (tertiary/aromatic N) is 6. The van der Waals surface area contributed by atoms with E-state index in [0.717, 1.165) is 22.6 Å². The van der Waals surface area contributed by atoms with Gasteiger partial charge in [-0.2, -0.15) is 10.2 Å². The van der Waals surface area contributed by atoms with Crippen LogP contribution in [0, 0.1) is 6.92 Å². The van der Waals surface area contributed by atoms with Crippen LogP contribution in [-0.4, -0.2) is 41.7 Å². The molecule has 0 atom stereocenters. The van der Waals surface area contributed by atoms with E-state index in [1.54, 1.807) is 11.1 Å². The third-order valence-electron chi connectivity index (χ3n) is 4.24. The summed E-state index contributed by atoms with van der Waals surface area (Å²) < 4.78 is 3.03. The minimum Gasteiger partial charge on any atom is -0.332 e. The van der Waals surface area contributed by atoms with Crippen LogP contribution in [0.1, 0.15) is 27.4 Å². The van der Waals surface area contributed by atoms with Crippen molar-refractivity contribution in [3.63, 3.8) is 0 Å². The molecule has 0 N–H and O–H groups in total. The Kier molecular flexibility index (Phi) is 3.19.